The van der Waals surface area contributed by atoms with Crippen LogP contribution in [0, 0.1) is 5.41 Å². The van der Waals surface area contributed by atoms with E-state index in [1.165, 1.54) is 24.0 Å². The molecule has 1 aromatic heterocycles. The van der Waals surface area contributed by atoms with Gasteiger partial charge in [0, 0.05) is 32.3 Å². The number of sulfone groups is 1. The number of H-pyrrole nitrogens is 1. The van der Waals surface area contributed by atoms with Crippen molar-refractivity contribution in [2.24, 2.45) is 5.41 Å². The van der Waals surface area contributed by atoms with E-state index in [2.05, 4.69) is 35.6 Å². The van der Waals surface area contributed by atoms with Gasteiger partial charge in [0.25, 0.3) is 5.56 Å². The lowest BCUT2D eigenvalue weighted by Gasteiger charge is -2.38. The second-order valence-corrected chi connectivity index (χ2v) is 9.96. The van der Waals surface area contributed by atoms with Crippen molar-refractivity contribution in [1.82, 2.24) is 14.9 Å². The number of rotatable bonds is 3. The van der Waals surface area contributed by atoms with Gasteiger partial charge in [-0.25, -0.2) is 13.4 Å². The molecule has 25 heavy (non-hydrogen) atoms. The fourth-order valence-electron chi connectivity index (χ4n) is 4.02. The van der Waals surface area contributed by atoms with Gasteiger partial charge in [0.15, 0.2) is 0 Å². The van der Waals surface area contributed by atoms with Gasteiger partial charge in [0.2, 0.25) is 15.0 Å². The fourth-order valence-corrected chi connectivity index (χ4v) is 4.57. The molecule has 0 unspecified atom stereocenters. The minimum atomic E-state index is -3.51. The Bertz CT molecular complexity index is 881. The predicted molar refractivity (Wildman–Crippen MR) is 97.3 cm³/mol. The van der Waals surface area contributed by atoms with Crippen LogP contribution >= 0.6 is 0 Å². The first-order chi connectivity index (χ1) is 11.6. The van der Waals surface area contributed by atoms with E-state index >= 15 is 0 Å². The maximum Gasteiger partial charge on any atom is 0.256 e. The molecule has 0 aromatic carbocycles. The highest BCUT2D eigenvalue weighted by atomic mass is 32.2. The summed E-state index contributed by atoms with van der Waals surface area (Å²) >= 11 is 0. The summed E-state index contributed by atoms with van der Waals surface area (Å²) in [6.07, 6.45) is 5.26. The Labute approximate surface area is 149 Å². The predicted octanol–water partition coefficient (Wildman–Crippen LogP) is 2.06. The molecule has 2 heterocycles. The summed E-state index contributed by atoms with van der Waals surface area (Å²) in [6, 6.07) is 0. The van der Waals surface area contributed by atoms with Crippen LogP contribution in [0.2, 0.25) is 0 Å². The molecular weight excluding hydrogens is 338 g/mol. The van der Waals surface area contributed by atoms with E-state index in [-0.39, 0.29) is 16.1 Å². The number of hydrogen-bond acceptors (Lipinski definition) is 5. The van der Waals surface area contributed by atoms with Gasteiger partial charge in [0.1, 0.15) is 0 Å². The molecule has 138 valence electrons. The third kappa shape index (κ3) is 3.72. The number of hydrogen-bond donors (Lipinski definition) is 1. The molecule has 7 heteroatoms. The molecule has 0 amide bonds. The Morgan fingerprint density at radius 1 is 1.28 bits per heavy atom. The first-order valence-corrected chi connectivity index (χ1v) is 10.7. The zero-order valence-electron chi connectivity index (χ0n) is 15.5. The van der Waals surface area contributed by atoms with Crippen LogP contribution in [0.15, 0.2) is 21.1 Å². The average molecular weight is 365 g/mol. The summed E-state index contributed by atoms with van der Waals surface area (Å²) in [5.41, 5.74) is 4.05. The second kappa shape index (κ2) is 6.36. The number of aromatic amines is 1. The standard InChI is InChI=1S/C18H27N3O3S/c1-12-6-5-8-18(2,3)14(12)11-21-9-7-15-13(10-21)16(22)20-17(19-15)25(4,23)24/h5-11H2,1-4H3,(H,19,20,22). The molecule has 2 aliphatic rings. The van der Waals surface area contributed by atoms with Gasteiger partial charge >= 0.3 is 0 Å². The summed E-state index contributed by atoms with van der Waals surface area (Å²) in [4.78, 5) is 21.3. The first kappa shape index (κ1) is 18.3. The van der Waals surface area contributed by atoms with Crippen molar-refractivity contribution < 1.29 is 8.42 Å². The Hall–Kier alpha value is -1.47. The summed E-state index contributed by atoms with van der Waals surface area (Å²) in [7, 11) is -3.51. The topological polar surface area (TPSA) is 83.1 Å². The fraction of sp³-hybridized carbons (Fsp3) is 0.667. The van der Waals surface area contributed by atoms with Gasteiger partial charge in [-0.15, -0.1) is 0 Å². The Morgan fingerprint density at radius 3 is 2.64 bits per heavy atom. The van der Waals surface area contributed by atoms with Crippen LogP contribution in [0.3, 0.4) is 0 Å². The van der Waals surface area contributed by atoms with E-state index in [0.29, 0.717) is 24.2 Å². The van der Waals surface area contributed by atoms with Gasteiger partial charge < -0.3 is 0 Å². The number of nitrogens with one attached hydrogen (secondary N) is 1. The summed E-state index contributed by atoms with van der Waals surface area (Å²) in [5.74, 6) is 0. The SMILES string of the molecule is CC1=C(CN2CCc3nc(S(C)(=O)=O)[nH]c(=O)c3C2)C(C)(C)CCC1. The van der Waals surface area contributed by atoms with Crippen LogP contribution in [0.1, 0.15) is 51.3 Å². The number of nitrogens with zero attached hydrogens (tertiary/aromatic N) is 2. The zero-order valence-corrected chi connectivity index (χ0v) is 16.3. The largest absolute Gasteiger partial charge is 0.297 e. The molecule has 0 radical (unpaired) electrons. The Balaban J connectivity index is 1.86. The van der Waals surface area contributed by atoms with E-state index in [4.69, 9.17) is 0 Å². The van der Waals surface area contributed by atoms with Crippen molar-refractivity contribution in [2.75, 3.05) is 19.3 Å². The van der Waals surface area contributed by atoms with E-state index in [1.54, 1.807) is 0 Å². The minimum absolute atomic E-state index is 0.202. The number of allylic oxidation sites excluding steroid dienone is 1. The van der Waals surface area contributed by atoms with E-state index in [9.17, 15) is 13.2 Å². The molecule has 0 spiro atoms. The first-order valence-electron chi connectivity index (χ1n) is 8.81. The maximum absolute atomic E-state index is 12.4. The average Bonchev–Trinajstić information content (AvgIpc) is 2.50. The van der Waals surface area contributed by atoms with Gasteiger partial charge in [-0.2, -0.15) is 0 Å². The number of aromatic nitrogens is 2. The summed E-state index contributed by atoms with van der Waals surface area (Å²) in [6.45, 7) is 9.01. The normalized spacial score (nSPS) is 21.3. The Morgan fingerprint density at radius 2 is 2.00 bits per heavy atom. The van der Waals surface area contributed by atoms with Crippen molar-refractivity contribution in [3.05, 3.63) is 32.8 Å². The van der Waals surface area contributed by atoms with Crippen molar-refractivity contribution in [2.45, 2.75) is 58.2 Å². The summed E-state index contributed by atoms with van der Waals surface area (Å²) < 4.78 is 23.3. The smallest absolute Gasteiger partial charge is 0.256 e. The van der Waals surface area contributed by atoms with Crippen LogP contribution in [0.4, 0.5) is 0 Å². The highest BCUT2D eigenvalue weighted by Gasteiger charge is 2.31. The van der Waals surface area contributed by atoms with Gasteiger partial charge in [0.05, 0.1) is 11.3 Å². The van der Waals surface area contributed by atoms with Crippen LogP contribution in [-0.4, -0.2) is 42.6 Å². The van der Waals surface area contributed by atoms with Crippen LogP contribution < -0.4 is 5.56 Å². The Kier molecular flexibility index (Phi) is 4.66. The third-order valence-electron chi connectivity index (χ3n) is 5.54. The van der Waals surface area contributed by atoms with E-state index < -0.39 is 9.84 Å². The lowest BCUT2D eigenvalue weighted by atomic mass is 9.72. The van der Waals surface area contributed by atoms with Gasteiger partial charge in [-0.1, -0.05) is 25.0 Å². The molecule has 1 aliphatic heterocycles. The van der Waals surface area contributed by atoms with Gasteiger partial charge in [-0.3, -0.25) is 14.7 Å². The highest BCUT2D eigenvalue weighted by Crippen LogP contribution is 2.40. The van der Waals surface area contributed by atoms with Crippen molar-refractivity contribution in [1.29, 1.82) is 0 Å². The molecule has 3 rings (SSSR count). The lowest BCUT2D eigenvalue weighted by Crippen LogP contribution is -2.39. The minimum Gasteiger partial charge on any atom is -0.297 e. The molecule has 0 fully saturated rings. The highest BCUT2D eigenvalue weighted by molar-refractivity contribution is 7.90. The van der Waals surface area contributed by atoms with E-state index in [0.717, 1.165) is 25.8 Å². The number of fused-ring (bicyclic) bond motifs is 1. The zero-order chi connectivity index (χ0) is 18.4. The molecule has 0 atom stereocenters. The molecule has 1 aromatic rings. The van der Waals surface area contributed by atoms with Crippen LogP contribution in [0.25, 0.3) is 0 Å². The lowest BCUT2D eigenvalue weighted by molar-refractivity contribution is 0.237. The molecular formula is C18H27N3O3S. The second-order valence-electron chi connectivity index (χ2n) is 8.03. The molecule has 0 bridgehead atoms. The van der Waals surface area contributed by atoms with Gasteiger partial charge in [-0.05, 0) is 31.6 Å². The van der Waals surface area contributed by atoms with Crippen molar-refractivity contribution in [3.8, 4) is 0 Å². The van der Waals surface area contributed by atoms with E-state index in [1.807, 2.05) is 0 Å². The summed E-state index contributed by atoms with van der Waals surface area (Å²) in [5, 5.41) is -0.225. The van der Waals surface area contributed by atoms with Crippen LogP contribution in [0.5, 0.6) is 0 Å². The van der Waals surface area contributed by atoms with Crippen LogP contribution in [-0.2, 0) is 22.8 Å². The molecule has 1 aliphatic carbocycles. The quantitative estimate of drug-likeness (QED) is 0.655. The van der Waals surface area contributed by atoms with Crippen molar-refractivity contribution >= 4 is 9.84 Å². The maximum atomic E-state index is 12.4. The van der Waals surface area contributed by atoms with Crippen molar-refractivity contribution in [3.63, 3.8) is 0 Å². The third-order valence-corrected chi connectivity index (χ3v) is 6.44. The monoisotopic (exact) mass is 365 g/mol. The molecule has 0 saturated heterocycles. The molecule has 1 N–H and O–H groups in total. The molecule has 0 saturated carbocycles. The molecule has 6 nitrogen and oxygen atoms in total.